The van der Waals surface area contributed by atoms with Crippen molar-refractivity contribution in [3.8, 4) is 0 Å². The molecule has 0 bridgehead atoms. The molecule has 1 saturated carbocycles. The van der Waals surface area contributed by atoms with E-state index in [2.05, 4.69) is 10.3 Å². The van der Waals surface area contributed by atoms with Gasteiger partial charge >= 0.3 is 6.18 Å². The Balaban J connectivity index is 2.05. The van der Waals surface area contributed by atoms with Gasteiger partial charge in [-0.2, -0.15) is 13.2 Å². The fourth-order valence-corrected chi connectivity index (χ4v) is 1.88. The van der Waals surface area contributed by atoms with Gasteiger partial charge in [-0.25, -0.2) is 0 Å². The van der Waals surface area contributed by atoms with Gasteiger partial charge in [-0.3, -0.25) is 4.99 Å². The molecule has 0 heterocycles. The molecule has 124 valence electrons. The zero-order chi connectivity index (χ0) is 15.7. The second kappa shape index (κ2) is 9.12. The first-order valence-corrected chi connectivity index (χ1v) is 7.48. The van der Waals surface area contributed by atoms with Crippen LogP contribution in [0.5, 0.6) is 0 Å². The van der Waals surface area contributed by atoms with E-state index >= 15 is 0 Å². The quantitative estimate of drug-likeness (QED) is 0.404. The average molecular weight is 309 g/mol. The molecule has 1 fully saturated rings. The van der Waals surface area contributed by atoms with Crippen molar-refractivity contribution in [3.05, 3.63) is 0 Å². The molecule has 0 aromatic rings. The Kier molecular flexibility index (Phi) is 7.85. The van der Waals surface area contributed by atoms with E-state index in [1.165, 1.54) is 12.8 Å². The van der Waals surface area contributed by atoms with Crippen molar-refractivity contribution in [2.24, 2.45) is 10.9 Å². The highest BCUT2D eigenvalue weighted by Crippen LogP contribution is 2.28. The molecule has 1 aliphatic rings. The lowest BCUT2D eigenvalue weighted by molar-refractivity contribution is -0.135. The van der Waals surface area contributed by atoms with Crippen molar-refractivity contribution in [3.63, 3.8) is 0 Å². The molecule has 0 amide bonds. The molecule has 21 heavy (non-hydrogen) atoms. The maximum absolute atomic E-state index is 12.0. The van der Waals surface area contributed by atoms with Crippen LogP contribution in [0.2, 0.25) is 0 Å². The maximum Gasteiger partial charge on any atom is 0.389 e. The minimum Gasteiger partial charge on any atom is -0.379 e. The van der Waals surface area contributed by atoms with Crippen molar-refractivity contribution in [1.82, 2.24) is 10.2 Å². The maximum atomic E-state index is 12.0. The number of hydrogen-bond acceptors (Lipinski definition) is 2. The second-order valence-electron chi connectivity index (χ2n) is 5.49. The first-order chi connectivity index (χ1) is 9.92. The minimum atomic E-state index is -4.06. The van der Waals surface area contributed by atoms with Crippen LogP contribution < -0.4 is 5.32 Å². The van der Waals surface area contributed by atoms with Gasteiger partial charge in [-0.05, 0) is 31.6 Å². The van der Waals surface area contributed by atoms with Gasteiger partial charge in [-0.15, -0.1) is 0 Å². The van der Waals surface area contributed by atoms with Crippen LogP contribution in [-0.4, -0.2) is 57.4 Å². The predicted octanol–water partition coefficient (Wildman–Crippen LogP) is 2.65. The van der Waals surface area contributed by atoms with Gasteiger partial charge in [-0.1, -0.05) is 0 Å². The molecule has 4 nitrogen and oxygen atoms in total. The first-order valence-electron chi connectivity index (χ1n) is 7.48. The molecule has 1 rings (SSSR count). The van der Waals surface area contributed by atoms with E-state index in [1.807, 2.05) is 11.9 Å². The fourth-order valence-electron chi connectivity index (χ4n) is 1.88. The highest BCUT2D eigenvalue weighted by atomic mass is 19.4. The molecule has 0 unspecified atom stereocenters. The molecule has 0 radical (unpaired) electrons. The van der Waals surface area contributed by atoms with Crippen molar-refractivity contribution >= 4 is 5.96 Å². The van der Waals surface area contributed by atoms with E-state index in [4.69, 9.17) is 4.74 Å². The summed E-state index contributed by atoms with van der Waals surface area (Å²) in [7, 11) is 3.56. The predicted molar refractivity (Wildman–Crippen MR) is 77.4 cm³/mol. The van der Waals surface area contributed by atoms with E-state index in [0.717, 1.165) is 19.1 Å². The smallest absolute Gasteiger partial charge is 0.379 e. The van der Waals surface area contributed by atoms with E-state index in [9.17, 15) is 13.2 Å². The standard InChI is InChI=1S/C14H26F3N3O/c1-18-13(19-8-4-3-7-14(15,16)17)20(2)9-10-21-11-12-5-6-12/h12H,3-11H2,1-2H3,(H,18,19). The van der Waals surface area contributed by atoms with Crippen LogP contribution in [-0.2, 0) is 4.74 Å². The van der Waals surface area contributed by atoms with Crippen LogP contribution >= 0.6 is 0 Å². The first kappa shape index (κ1) is 18.1. The molecule has 0 aromatic heterocycles. The van der Waals surface area contributed by atoms with Gasteiger partial charge in [0.05, 0.1) is 6.61 Å². The number of ether oxygens (including phenoxy) is 1. The number of unbranched alkanes of at least 4 members (excludes halogenated alkanes) is 1. The summed E-state index contributed by atoms with van der Waals surface area (Å²) in [6, 6.07) is 0. The Morgan fingerprint density at radius 3 is 2.62 bits per heavy atom. The third kappa shape index (κ3) is 9.55. The van der Waals surface area contributed by atoms with E-state index in [1.54, 1.807) is 7.05 Å². The molecule has 1 aliphatic carbocycles. The van der Waals surface area contributed by atoms with Crippen molar-refractivity contribution in [1.29, 1.82) is 0 Å². The molecular formula is C14H26F3N3O. The molecule has 1 N–H and O–H groups in total. The van der Waals surface area contributed by atoms with Gasteiger partial charge in [0, 0.05) is 40.2 Å². The summed E-state index contributed by atoms with van der Waals surface area (Å²) >= 11 is 0. The summed E-state index contributed by atoms with van der Waals surface area (Å²) in [4.78, 5) is 6.04. The number of guanidine groups is 1. The molecule has 0 spiro atoms. The van der Waals surface area contributed by atoms with Crippen molar-refractivity contribution < 1.29 is 17.9 Å². The Morgan fingerprint density at radius 1 is 1.33 bits per heavy atom. The Labute approximate surface area is 124 Å². The number of likely N-dealkylation sites (N-methyl/N-ethyl adjacent to an activating group) is 1. The molecule has 0 atom stereocenters. The zero-order valence-corrected chi connectivity index (χ0v) is 12.9. The largest absolute Gasteiger partial charge is 0.389 e. The monoisotopic (exact) mass is 309 g/mol. The Morgan fingerprint density at radius 2 is 2.05 bits per heavy atom. The fraction of sp³-hybridized carbons (Fsp3) is 0.929. The third-order valence-electron chi connectivity index (χ3n) is 3.37. The lowest BCUT2D eigenvalue weighted by Gasteiger charge is -2.22. The highest BCUT2D eigenvalue weighted by Gasteiger charge is 2.25. The number of nitrogens with zero attached hydrogens (tertiary/aromatic N) is 2. The SMILES string of the molecule is CN=C(NCCCCC(F)(F)F)N(C)CCOCC1CC1. The number of aliphatic imine (C=N–C) groups is 1. The van der Waals surface area contributed by atoms with Crippen molar-refractivity contribution in [2.45, 2.75) is 38.3 Å². The summed E-state index contributed by atoms with van der Waals surface area (Å²) in [5.74, 6) is 1.44. The van der Waals surface area contributed by atoms with Gasteiger partial charge in [0.1, 0.15) is 0 Å². The number of rotatable bonds is 9. The Hall–Kier alpha value is -0.980. The zero-order valence-electron chi connectivity index (χ0n) is 12.9. The summed E-state index contributed by atoms with van der Waals surface area (Å²) in [5, 5.41) is 3.07. The number of alkyl halides is 3. The Bertz CT molecular complexity index is 317. The summed E-state index contributed by atoms with van der Waals surface area (Å²) in [5.41, 5.74) is 0. The summed E-state index contributed by atoms with van der Waals surface area (Å²) in [6.07, 6.45) is -1.62. The van der Waals surface area contributed by atoms with Gasteiger partial charge < -0.3 is 15.0 Å². The van der Waals surface area contributed by atoms with Crippen LogP contribution in [0.15, 0.2) is 4.99 Å². The van der Waals surface area contributed by atoms with Gasteiger partial charge in [0.15, 0.2) is 5.96 Å². The second-order valence-corrected chi connectivity index (χ2v) is 5.49. The number of hydrogen-bond donors (Lipinski definition) is 1. The molecule has 0 aromatic carbocycles. The van der Waals surface area contributed by atoms with E-state index in [-0.39, 0.29) is 6.42 Å². The van der Waals surface area contributed by atoms with Crippen molar-refractivity contribution in [2.75, 3.05) is 40.4 Å². The van der Waals surface area contributed by atoms with Crippen LogP contribution in [0, 0.1) is 5.92 Å². The molecule has 0 aliphatic heterocycles. The number of halogens is 3. The number of nitrogens with one attached hydrogen (secondary N) is 1. The lowest BCUT2D eigenvalue weighted by Crippen LogP contribution is -2.41. The van der Waals surface area contributed by atoms with Crippen LogP contribution in [0.25, 0.3) is 0 Å². The van der Waals surface area contributed by atoms with E-state index in [0.29, 0.717) is 25.5 Å². The normalized spacial score (nSPS) is 16.1. The molecule has 0 saturated heterocycles. The van der Waals surface area contributed by atoms with Crippen LogP contribution in [0.1, 0.15) is 32.1 Å². The van der Waals surface area contributed by atoms with Gasteiger partial charge in [0.2, 0.25) is 0 Å². The molecular weight excluding hydrogens is 283 g/mol. The summed E-state index contributed by atoms with van der Waals surface area (Å²) < 4.78 is 41.6. The van der Waals surface area contributed by atoms with E-state index < -0.39 is 12.6 Å². The lowest BCUT2D eigenvalue weighted by atomic mass is 10.2. The topological polar surface area (TPSA) is 36.9 Å². The third-order valence-corrected chi connectivity index (χ3v) is 3.37. The highest BCUT2D eigenvalue weighted by molar-refractivity contribution is 5.79. The average Bonchev–Trinajstić information content (AvgIpc) is 3.21. The minimum absolute atomic E-state index is 0.141. The van der Waals surface area contributed by atoms with Gasteiger partial charge in [0.25, 0.3) is 0 Å². The summed E-state index contributed by atoms with van der Waals surface area (Å²) in [6.45, 7) is 2.68. The van der Waals surface area contributed by atoms with Crippen LogP contribution in [0.3, 0.4) is 0 Å². The van der Waals surface area contributed by atoms with Crippen LogP contribution in [0.4, 0.5) is 13.2 Å². The molecule has 7 heteroatoms.